The van der Waals surface area contributed by atoms with Gasteiger partial charge in [0.05, 0.1) is 0 Å². The number of aromatic nitrogens is 4. The van der Waals surface area contributed by atoms with Crippen molar-refractivity contribution < 1.29 is 4.39 Å². The third-order valence-corrected chi connectivity index (χ3v) is 4.23. The van der Waals surface area contributed by atoms with E-state index in [0.29, 0.717) is 17.7 Å². The average molecular weight is 311 g/mol. The molecule has 4 rings (SSSR count). The van der Waals surface area contributed by atoms with Crippen molar-refractivity contribution in [2.24, 2.45) is 0 Å². The van der Waals surface area contributed by atoms with Gasteiger partial charge in [0.2, 0.25) is 0 Å². The van der Waals surface area contributed by atoms with Crippen molar-refractivity contribution >= 4 is 11.6 Å². The molecule has 1 aliphatic carbocycles. The van der Waals surface area contributed by atoms with Crippen molar-refractivity contribution in [3.63, 3.8) is 0 Å². The second kappa shape index (κ2) is 5.61. The van der Waals surface area contributed by atoms with Crippen molar-refractivity contribution in [1.29, 1.82) is 0 Å². The summed E-state index contributed by atoms with van der Waals surface area (Å²) in [7, 11) is 0. The van der Waals surface area contributed by atoms with Crippen LogP contribution in [0.2, 0.25) is 0 Å². The number of nitrogens with zero attached hydrogens (tertiary/aromatic N) is 4. The summed E-state index contributed by atoms with van der Waals surface area (Å²) >= 11 is 0. The van der Waals surface area contributed by atoms with E-state index in [4.69, 9.17) is 0 Å². The molecule has 118 valence electrons. The molecule has 2 heterocycles. The van der Waals surface area contributed by atoms with E-state index in [1.165, 1.54) is 24.0 Å². The Morgan fingerprint density at radius 2 is 2.13 bits per heavy atom. The molecule has 0 saturated heterocycles. The third-order valence-electron chi connectivity index (χ3n) is 4.23. The zero-order valence-corrected chi connectivity index (χ0v) is 12.9. The van der Waals surface area contributed by atoms with E-state index < -0.39 is 0 Å². The van der Waals surface area contributed by atoms with Crippen LogP contribution >= 0.6 is 0 Å². The predicted molar refractivity (Wildman–Crippen MR) is 85.9 cm³/mol. The van der Waals surface area contributed by atoms with Crippen LogP contribution < -0.4 is 5.32 Å². The van der Waals surface area contributed by atoms with Gasteiger partial charge < -0.3 is 5.32 Å². The van der Waals surface area contributed by atoms with E-state index in [-0.39, 0.29) is 5.82 Å². The number of aryl methyl sites for hydroxylation is 1. The van der Waals surface area contributed by atoms with Gasteiger partial charge in [-0.05, 0) is 30.5 Å². The monoisotopic (exact) mass is 311 g/mol. The van der Waals surface area contributed by atoms with E-state index in [9.17, 15) is 4.39 Å². The van der Waals surface area contributed by atoms with Crippen LogP contribution in [0.5, 0.6) is 0 Å². The van der Waals surface area contributed by atoms with E-state index >= 15 is 0 Å². The van der Waals surface area contributed by atoms with Gasteiger partial charge in [-0.2, -0.15) is 14.6 Å². The minimum atomic E-state index is -0.193. The molecule has 0 unspecified atom stereocenters. The van der Waals surface area contributed by atoms with E-state index in [2.05, 4.69) is 27.3 Å². The number of rotatable bonds is 5. The van der Waals surface area contributed by atoms with Crippen LogP contribution in [-0.4, -0.2) is 25.6 Å². The first-order valence-electron chi connectivity index (χ1n) is 7.96. The minimum Gasteiger partial charge on any atom is -0.366 e. The largest absolute Gasteiger partial charge is 0.366 e. The summed E-state index contributed by atoms with van der Waals surface area (Å²) in [6.45, 7) is 2.13. The van der Waals surface area contributed by atoms with Crippen molar-refractivity contribution in [2.75, 3.05) is 5.32 Å². The van der Waals surface area contributed by atoms with Gasteiger partial charge in [0.25, 0.3) is 5.78 Å². The second-order valence-corrected chi connectivity index (χ2v) is 6.00. The number of hydrogen-bond acceptors (Lipinski definition) is 4. The molecular formula is C17H18FN5. The normalized spacial score (nSPS) is 19.9. The standard InChI is InChI=1S/C17H18FN5/c1-2-3-13-8-16(23-17(21-13)19-10-20-23)22-15-9-14(15)11-4-6-12(18)7-5-11/h4-8,10,14-15,22H,2-3,9H2,1H3/t14-,15+/m0/s1. The predicted octanol–water partition coefficient (Wildman–Crippen LogP) is 3.18. The van der Waals surface area contributed by atoms with Gasteiger partial charge in [0, 0.05) is 23.7 Å². The van der Waals surface area contributed by atoms with Crippen LogP contribution in [0.3, 0.4) is 0 Å². The highest BCUT2D eigenvalue weighted by Crippen LogP contribution is 2.42. The molecule has 0 aliphatic heterocycles. The molecule has 1 N–H and O–H groups in total. The molecule has 0 spiro atoms. The fourth-order valence-corrected chi connectivity index (χ4v) is 2.97. The maximum absolute atomic E-state index is 13.0. The molecule has 0 amide bonds. The van der Waals surface area contributed by atoms with Crippen molar-refractivity contribution in [3.05, 3.63) is 53.7 Å². The first kappa shape index (κ1) is 14.1. The smallest absolute Gasteiger partial charge is 0.254 e. The Kier molecular flexibility index (Phi) is 3.44. The minimum absolute atomic E-state index is 0.193. The second-order valence-electron chi connectivity index (χ2n) is 6.00. The van der Waals surface area contributed by atoms with Gasteiger partial charge in [-0.25, -0.2) is 9.37 Å². The molecule has 0 radical (unpaired) electrons. The highest BCUT2D eigenvalue weighted by Gasteiger charge is 2.38. The molecule has 0 bridgehead atoms. The van der Waals surface area contributed by atoms with Crippen molar-refractivity contribution in [2.45, 2.75) is 38.1 Å². The number of nitrogens with one attached hydrogen (secondary N) is 1. The van der Waals surface area contributed by atoms with Crippen LogP contribution in [-0.2, 0) is 6.42 Å². The van der Waals surface area contributed by atoms with E-state index in [1.54, 1.807) is 4.52 Å². The molecule has 1 aromatic carbocycles. The Morgan fingerprint density at radius 3 is 2.91 bits per heavy atom. The summed E-state index contributed by atoms with van der Waals surface area (Å²) in [6, 6.07) is 9.15. The molecule has 6 heteroatoms. The number of halogens is 1. The van der Waals surface area contributed by atoms with E-state index in [1.807, 2.05) is 18.2 Å². The van der Waals surface area contributed by atoms with Crippen molar-refractivity contribution in [1.82, 2.24) is 19.6 Å². The first-order valence-corrected chi connectivity index (χ1v) is 7.96. The maximum atomic E-state index is 13.0. The van der Waals surface area contributed by atoms with E-state index in [0.717, 1.165) is 30.8 Å². The first-order chi connectivity index (χ1) is 11.2. The summed E-state index contributed by atoms with van der Waals surface area (Å²) in [4.78, 5) is 8.70. The Balaban J connectivity index is 1.56. The molecule has 1 aliphatic rings. The summed E-state index contributed by atoms with van der Waals surface area (Å²) in [5, 5.41) is 7.77. The Morgan fingerprint density at radius 1 is 1.30 bits per heavy atom. The van der Waals surface area contributed by atoms with Gasteiger partial charge in [-0.1, -0.05) is 25.5 Å². The fraction of sp³-hybridized carbons (Fsp3) is 0.353. The SMILES string of the molecule is CCCc1cc(N[C@@H]2C[C@H]2c2ccc(F)cc2)n2ncnc2n1. The Hall–Kier alpha value is -2.50. The summed E-state index contributed by atoms with van der Waals surface area (Å²) in [5.41, 5.74) is 2.19. The highest BCUT2D eigenvalue weighted by molar-refractivity contribution is 5.48. The molecule has 5 nitrogen and oxygen atoms in total. The number of benzene rings is 1. The fourth-order valence-electron chi connectivity index (χ4n) is 2.97. The van der Waals surface area contributed by atoms with Crippen LogP contribution in [0.4, 0.5) is 10.2 Å². The number of fused-ring (bicyclic) bond motifs is 1. The number of hydrogen-bond donors (Lipinski definition) is 1. The van der Waals surface area contributed by atoms with Crippen LogP contribution in [0, 0.1) is 5.82 Å². The van der Waals surface area contributed by atoms with Crippen LogP contribution in [0.25, 0.3) is 5.78 Å². The lowest BCUT2D eigenvalue weighted by Gasteiger charge is -2.09. The quantitative estimate of drug-likeness (QED) is 0.786. The summed E-state index contributed by atoms with van der Waals surface area (Å²) in [6.07, 6.45) is 4.52. The molecule has 1 saturated carbocycles. The highest BCUT2D eigenvalue weighted by atomic mass is 19.1. The lowest BCUT2D eigenvalue weighted by atomic mass is 10.1. The molecule has 23 heavy (non-hydrogen) atoms. The van der Waals surface area contributed by atoms with Gasteiger partial charge in [0.15, 0.2) is 0 Å². The zero-order chi connectivity index (χ0) is 15.8. The third kappa shape index (κ3) is 2.76. The summed E-state index contributed by atoms with van der Waals surface area (Å²) < 4.78 is 14.8. The molecule has 2 aromatic heterocycles. The van der Waals surface area contributed by atoms with Crippen LogP contribution in [0.15, 0.2) is 36.7 Å². The lowest BCUT2D eigenvalue weighted by Crippen LogP contribution is -2.11. The summed E-state index contributed by atoms with van der Waals surface area (Å²) in [5.74, 6) is 1.77. The van der Waals surface area contributed by atoms with Gasteiger partial charge in [-0.15, -0.1) is 0 Å². The number of anilines is 1. The molecule has 1 fully saturated rings. The van der Waals surface area contributed by atoms with Gasteiger partial charge in [0.1, 0.15) is 18.0 Å². The van der Waals surface area contributed by atoms with Crippen LogP contribution in [0.1, 0.15) is 36.9 Å². The molecular weight excluding hydrogens is 293 g/mol. The van der Waals surface area contributed by atoms with Crippen molar-refractivity contribution in [3.8, 4) is 0 Å². The van der Waals surface area contributed by atoms with Gasteiger partial charge in [-0.3, -0.25) is 0 Å². The Bertz CT molecular complexity index is 827. The zero-order valence-electron chi connectivity index (χ0n) is 12.9. The molecule has 2 atom stereocenters. The maximum Gasteiger partial charge on any atom is 0.254 e. The molecule has 3 aromatic rings. The topological polar surface area (TPSA) is 55.1 Å². The Labute approximate surface area is 133 Å². The average Bonchev–Trinajstić information content (AvgIpc) is 3.13. The lowest BCUT2D eigenvalue weighted by molar-refractivity contribution is 0.627. The van der Waals surface area contributed by atoms with Gasteiger partial charge >= 0.3 is 0 Å².